The van der Waals surface area contributed by atoms with Gasteiger partial charge in [-0.2, -0.15) is 5.26 Å². The molecule has 0 saturated heterocycles. The first-order valence-corrected chi connectivity index (χ1v) is 5.21. The lowest BCUT2D eigenvalue weighted by Gasteiger charge is -2.22. The molecule has 13 heavy (non-hydrogen) atoms. The van der Waals surface area contributed by atoms with E-state index < -0.39 is 0 Å². The van der Waals surface area contributed by atoms with Crippen LogP contribution in [0.5, 0.6) is 0 Å². The van der Waals surface area contributed by atoms with Crippen LogP contribution in [0, 0.1) is 22.7 Å². The third-order valence-corrected chi connectivity index (χ3v) is 3.21. The molecule has 2 nitrogen and oxygen atoms in total. The highest BCUT2D eigenvalue weighted by atomic mass is 16.3. The molecular formula is C11H19NO. The van der Waals surface area contributed by atoms with Gasteiger partial charge in [0.25, 0.3) is 0 Å². The minimum atomic E-state index is -0.338. The van der Waals surface area contributed by atoms with Crippen molar-refractivity contribution in [1.82, 2.24) is 0 Å². The molecule has 0 amide bonds. The lowest BCUT2D eigenvalue weighted by molar-refractivity contribution is 0.137. The molecule has 1 fully saturated rings. The fraction of sp³-hybridized carbons (Fsp3) is 0.909. The first-order chi connectivity index (χ1) is 6.12. The highest BCUT2D eigenvalue weighted by molar-refractivity contribution is 5.04. The van der Waals surface area contributed by atoms with Gasteiger partial charge in [0, 0.05) is 0 Å². The van der Waals surface area contributed by atoms with Crippen molar-refractivity contribution in [2.24, 2.45) is 11.3 Å². The van der Waals surface area contributed by atoms with Gasteiger partial charge in [0.1, 0.15) is 0 Å². The molecule has 1 saturated carbocycles. The molecule has 2 heteroatoms. The van der Waals surface area contributed by atoms with Gasteiger partial charge in [-0.05, 0) is 38.5 Å². The molecule has 0 radical (unpaired) electrons. The van der Waals surface area contributed by atoms with Crippen LogP contribution in [0.25, 0.3) is 0 Å². The van der Waals surface area contributed by atoms with Gasteiger partial charge in [0.05, 0.1) is 17.6 Å². The molecule has 0 aliphatic heterocycles. The average Bonchev–Trinajstić information content (AvgIpc) is 2.48. The second-order valence-electron chi connectivity index (χ2n) is 4.46. The van der Waals surface area contributed by atoms with E-state index in [1.807, 2.05) is 0 Å². The molecule has 1 aliphatic carbocycles. The fourth-order valence-corrected chi connectivity index (χ4v) is 2.48. The Kier molecular flexibility index (Phi) is 3.33. The van der Waals surface area contributed by atoms with E-state index in [1.54, 1.807) is 6.92 Å². The summed E-state index contributed by atoms with van der Waals surface area (Å²) in [6, 6.07) is 2.41. The van der Waals surface area contributed by atoms with Crippen molar-refractivity contribution in [2.75, 3.05) is 0 Å². The van der Waals surface area contributed by atoms with Gasteiger partial charge in [-0.1, -0.05) is 13.3 Å². The van der Waals surface area contributed by atoms with E-state index in [-0.39, 0.29) is 11.5 Å². The third-order valence-electron chi connectivity index (χ3n) is 3.21. The number of hydrogen-bond acceptors (Lipinski definition) is 2. The van der Waals surface area contributed by atoms with E-state index in [1.165, 1.54) is 6.42 Å². The third kappa shape index (κ3) is 2.45. The summed E-state index contributed by atoms with van der Waals surface area (Å²) >= 11 is 0. The van der Waals surface area contributed by atoms with E-state index in [2.05, 4.69) is 13.0 Å². The first kappa shape index (κ1) is 10.5. The minimum Gasteiger partial charge on any atom is -0.393 e. The summed E-state index contributed by atoms with van der Waals surface area (Å²) in [5.74, 6) is 0.707. The monoisotopic (exact) mass is 181 g/mol. The maximum atomic E-state index is 9.32. The van der Waals surface area contributed by atoms with Crippen LogP contribution >= 0.6 is 0 Å². The summed E-state index contributed by atoms with van der Waals surface area (Å²) in [5, 5.41) is 18.4. The molecule has 3 atom stereocenters. The summed E-state index contributed by atoms with van der Waals surface area (Å²) in [4.78, 5) is 0. The maximum Gasteiger partial charge on any atom is 0.0690 e. The summed E-state index contributed by atoms with van der Waals surface area (Å²) in [6.45, 7) is 3.96. The number of nitrogens with zero attached hydrogens (tertiary/aromatic N) is 1. The molecule has 1 aliphatic rings. The van der Waals surface area contributed by atoms with Crippen LogP contribution in [0.3, 0.4) is 0 Å². The van der Waals surface area contributed by atoms with E-state index >= 15 is 0 Å². The smallest absolute Gasteiger partial charge is 0.0690 e. The fourth-order valence-electron chi connectivity index (χ4n) is 2.48. The molecule has 0 bridgehead atoms. The number of aliphatic hydroxyl groups is 1. The van der Waals surface area contributed by atoms with Gasteiger partial charge in [-0.15, -0.1) is 0 Å². The summed E-state index contributed by atoms with van der Waals surface area (Å²) in [7, 11) is 0. The number of nitriles is 1. The van der Waals surface area contributed by atoms with E-state index in [0.29, 0.717) is 12.3 Å². The SMILES string of the molecule is CCC1CCC(C#N)(CC(C)O)C1. The Labute approximate surface area is 80.6 Å². The normalized spacial score (nSPS) is 35.7. The molecule has 0 aromatic carbocycles. The molecule has 0 aromatic heterocycles. The van der Waals surface area contributed by atoms with Crippen molar-refractivity contribution < 1.29 is 5.11 Å². The lowest BCUT2D eigenvalue weighted by Crippen LogP contribution is -2.20. The zero-order valence-electron chi connectivity index (χ0n) is 8.58. The molecule has 0 spiro atoms. The van der Waals surface area contributed by atoms with Crippen LogP contribution in [0.2, 0.25) is 0 Å². The van der Waals surface area contributed by atoms with Crippen LogP contribution in [0.15, 0.2) is 0 Å². The molecule has 3 unspecified atom stereocenters. The van der Waals surface area contributed by atoms with Crippen LogP contribution < -0.4 is 0 Å². The van der Waals surface area contributed by atoms with Crippen LogP contribution in [0.4, 0.5) is 0 Å². The van der Waals surface area contributed by atoms with Gasteiger partial charge in [0.2, 0.25) is 0 Å². The first-order valence-electron chi connectivity index (χ1n) is 5.21. The largest absolute Gasteiger partial charge is 0.393 e. The van der Waals surface area contributed by atoms with Gasteiger partial charge < -0.3 is 5.11 Å². The van der Waals surface area contributed by atoms with Crippen molar-refractivity contribution in [3.05, 3.63) is 0 Å². The standard InChI is InChI=1S/C11H19NO/c1-3-10-4-5-11(7-10,8-12)6-9(2)13/h9-10,13H,3-7H2,1-2H3. The Bertz CT molecular complexity index is 207. The van der Waals surface area contributed by atoms with Gasteiger partial charge >= 0.3 is 0 Å². The predicted molar refractivity (Wildman–Crippen MR) is 52.0 cm³/mol. The van der Waals surface area contributed by atoms with Crippen molar-refractivity contribution in [1.29, 1.82) is 5.26 Å². The van der Waals surface area contributed by atoms with Gasteiger partial charge in [-0.25, -0.2) is 0 Å². The Hall–Kier alpha value is -0.550. The average molecular weight is 181 g/mol. The second-order valence-corrected chi connectivity index (χ2v) is 4.46. The van der Waals surface area contributed by atoms with Crippen molar-refractivity contribution in [2.45, 2.75) is 52.1 Å². The van der Waals surface area contributed by atoms with Crippen molar-refractivity contribution >= 4 is 0 Å². The molecular weight excluding hydrogens is 162 g/mol. The topological polar surface area (TPSA) is 44.0 Å². The summed E-state index contributed by atoms with van der Waals surface area (Å²) in [5.41, 5.74) is -0.213. The molecule has 0 aromatic rings. The summed E-state index contributed by atoms with van der Waals surface area (Å²) < 4.78 is 0. The number of hydrogen-bond donors (Lipinski definition) is 1. The van der Waals surface area contributed by atoms with Crippen molar-refractivity contribution in [3.63, 3.8) is 0 Å². The molecule has 74 valence electrons. The minimum absolute atomic E-state index is 0.213. The Morgan fingerprint density at radius 3 is 2.77 bits per heavy atom. The zero-order valence-corrected chi connectivity index (χ0v) is 8.58. The highest BCUT2D eigenvalue weighted by Crippen LogP contribution is 2.45. The zero-order chi connectivity index (χ0) is 9.90. The quantitative estimate of drug-likeness (QED) is 0.727. The maximum absolute atomic E-state index is 9.32. The lowest BCUT2D eigenvalue weighted by atomic mass is 9.81. The van der Waals surface area contributed by atoms with Crippen LogP contribution in [0.1, 0.15) is 46.0 Å². The van der Waals surface area contributed by atoms with Crippen LogP contribution in [-0.4, -0.2) is 11.2 Å². The van der Waals surface area contributed by atoms with E-state index in [4.69, 9.17) is 5.26 Å². The van der Waals surface area contributed by atoms with Gasteiger partial charge in [0.15, 0.2) is 0 Å². The van der Waals surface area contributed by atoms with E-state index in [0.717, 1.165) is 19.3 Å². The van der Waals surface area contributed by atoms with E-state index in [9.17, 15) is 5.11 Å². The molecule has 1 N–H and O–H groups in total. The van der Waals surface area contributed by atoms with Gasteiger partial charge in [-0.3, -0.25) is 0 Å². The van der Waals surface area contributed by atoms with Crippen molar-refractivity contribution in [3.8, 4) is 6.07 Å². The molecule has 1 rings (SSSR count). The number of aliphatic hydroxyl groups excluding tert-OH is 1. The highest BCUT2D eigenvalue weighted by Gasteiger charge is 2.39. The molecule has 0 heterocycles. The Morgan fingerprint density at radius 2 is 2.38 bits per heavy atom. The second kappa shape index (κ2) is 4.11. The number of rotatable bonds is 3. The predicted octanol–water partition coefficient (Wildman–Crippen LogP) is 2.48. The Morgan fingerprint density at radius 1 is 1.69 bits per heavy atom. The summed E-state index contributed by atoms with van der Waals surface area (Å²) in [6.07, 6.45) is 4.62. The van der Waals surface area contributed by atoms with Crippen LogP contribution in [-0.2, 0) is 0 Å². The Balaban J connectivity index is 2.58.